The maximum atomic E-state index is 11.1. The molecule has 0 aromatic heterocycles. The quantitative estimate of drug-likeness (QED) is 0.798. The lowest BCUT2D eigenvalue weighted by Crippen LogP contribution is -2.29. The molecule has 1 aliphatic rings. The van der Waals surface area contributed by atoms with Crippen LogP contribution in [-0.2, 0) is 6.54 Å². The first-order valence-corrected chi connectivity index (χ1v) is 6.44. The second-order valence-electron chi connectivity index (χ2n) is 4.87. The van der Waals surface area contributed by atoms with E-state index in [1.807, 2.05) is 19.1 Å². The van der Waals surface area contributed by atoms with E-state index in [1.54, 1.807) is 6.07 Å². The van der Waals surface area contributed by atoms with E-state index in [0.29, 0.717) is 11.6 Å². The van der Waals surface area contributed by atoms with Crippen molar-refractivity contribution in [2.45, 2.75) is 38.8 Å². The molecule has 0 saturated carbocycles. The number of carbonyl (C=O) groups is 1. The van der Waals surface area contributed by atoms with Crippen molar-refractivity contribution < 1.29 is 4.79 Å². The van der Waals surface area contributed by atoms with Crippen molar-refractivity contribution in [2.75, 3.05) is 0 Å². The number of primary amides is 1. The van der Waals surface area contributed by atoms with E-state index in [9.17, 15) is 4.79 Å². The van der Waals surface area contributed by atoms with Crippen LogP contribution in [0.15, 0.2) is 30.4 Å². The number of amides is 1. The lowest BCUT2D eigenvalue weighted by Gasteiger charge is -2.20. The Morgan fingerprint density at radius 2 is 2.28 bits per heavy atom. The summed E-state index contributed by atoms with van der Waals surface area (Å²) in [5.41, 5.74) is 8.19. The summed E-state index contributed by atoms with van der Waals surface area (Å²) in [6.45, 7) is 2.87. The second kappa shape index (κ2) is 5.83. The van der Waals surface area contributed by atoms with Gasteiger partial charge in [0.1, 0.15) is 0 Å². The predicted octanol–water partition coefficient (Wildman–Crippen LogP) is 2.29. The van der Waals surface area contributed by atoms with E-state index in [-0.39, 0.29) is 5.91 Å². The molecule has 0 saturated heterocycles. The molecule has 0 heterocycles. The van der Waals surface area contributed by atoms with Crippen LogP contribution in [0.1, 0.15) is 40.7 Å². The number of benzene rings is 1. The van der Waals surface area contributed by atoms with Gasteiger partial charge < -0.3 is 11.1 Å². The highest BCUT2D eigenvalue weighted by Crippen LogP contribution is 2.14. The molecule has 1 aromatic carbocycles. The van der Waals surface area contributed by atoms with E-state index in [1.165, 1.54) is 12.0 Å². The fourth-order valence-electron chi connectivity index (χ4n) is 2.28. The van der Waals surface area contributed by atoms with Gasteiger partial charge in [0.05, 0.1) is 0 Å². The van der Waals surface area contributed by atoms with Crippen molar-refractivity contribution in [3.8, 4) is 0 Å². The Bertz CT molecular complexity index is 466. The minimum Gasteiger partial charge on any atom is -0.366 e. The lowest BCUT2D eigenvalue weighted by atomic mass is 10.0. The predicted molar refractivity (Wildman–Crippen MR) is 73.3 cm³/mol. The molecule has 0 aliphatic heterocycles. The number of rotatable bonds is 4. The molecule has 1 unspecified atom stereocenters. The van der Waals surface area contributed by atoms with Crippen LogP contribution in [0.2, 0.25) is 0 Å². The molecule has 0 radical (unpaired) electrons. The fraction of sp³-hybridized carbons (Fsp3) is 0.400. The third kappa shape index (κ3) is 3.20. The molecule has 1 amide bonds. The maximum absolute atomic E-state index is 11.1. The van der Waals surface area contributed by atoms with Crippen LogP contribution in [0.25, 0.3) is 0 Å². The Kier molecular flexibility index (Phi) is 4.15. The minimum atomic E-state index is -0.366. The molecule has 1 aliphatic carbocycles. The largest absolute Gasteiger partial charge is 0.366 e. The van der Waals surface area contributed by atoms with Gasteiger partial charge in [0, 0.05) is 18.2 Å². The van der Waals surface area contributed by atoms with Gasteiger partial charge in [-0.3, -0.25) is 4.79 Å². The van der Waals surface area contributed by atoms with Crippen LogP contribution in [0, 0.1) is 6.92 Å². The van der Waals surface area contributed by atoms with Gasteiger partial charge in [-0.05, 0) is 49.4 Å². The van der Waals surface area contributed by atoms with Crippen LogP contribution < -0.4 is 11.1 Å². The first-order valence-electron chi connectivity index (χ1n) is 6.44. The Hall–Kier alpha value is -1.61. The molecule has 0 spiro atoms. The second-order valence-corrected chi connectivity index (χ2v) is 4.87. The maximum Gasteiger partial charge on any atom is 0.248 e. The van der Waals surface area contributed by atoms with Crippen LogP contribution in [0.3, 0.4) is 0 Å². The highest BCUT2D eigenvalue weighted by atomic mass is 16.1. The Morgan fingerprint density at radius 1 is 1.44 bits per heavy atom. The number of nitrogens with two attached hydrogens (primary N) is 1. The van der Waals surface area contributed by atoms with E-state index in [4.69, 9.17) is 5.73 Å². The monoisotopic (exact) mass is 244 g/mol. The topological polar surface area (TPSA) is 55.1 Å². The number of aryl methyl sites for hydroxylation is 1. The number of hydrogen-bond donors (Lipinski definition) is 2. The van der Waals surface area contributed by atoms with Gasteiger partial charge in [-0.1, -0.05) is 18.2 Å². The molecule has 2 rings (SSSR count). The number of nitrogens with one attached hydrogen (secondary N) is 1. The fourth-order valence-corrected chi connectivity index (χ4v) is 2.28. The smallest absolute Gasteiger partial charge is 0.248 e. The summed E-state index contributed by atoms with van der Waals surface area (Å²) in [5, 5.41) is 3.56. The molecular weight excluding hydrogens is 224 g/mol. The molecule has 0 fully saturated rings. The summed E-state index contributed by atoms with van der Waals surface area (Å²) in [5.74, 6) is -0.366. The first kappa shape index (κ1) is 12.8. The summed E-state index contributed by atoms with van der Waals surface area (Å²) < 4.78 is 0. The average Bonchev–Trinajstić information content (AvgIpc) is 2.38. The van der Waals surface area contributed by atoms with Gasteiger partial charge in [0.25, 0.3) is 0 Å². The number of allylic oxidation sites excluding steroid dienone is 1. The zero-order valence-electron chi connectivity index (χ0n) is 10.8. The molecule has 3 N–H and O–H groups in total. The third-order valence-electron chi connectivity index (χ3n) is 3.48. The van der Waals surface area contributed by atoms with Crippen LogP contribution >= 0.6 is 0 Å². The van der Waals surface area contributed by atoms with Crippen LogP contribution in [-0.4, -0.2) is 11.9 Å². The van der Waals surface area contributed by atoms with E-state index >= 15 is 0 Å². The first-order chi connectivity index (χ1) is 8.66. The Morgan fingerprint density at radius 3 is 2.89 bits per heavy atom. The summed E-state index contributed by atoms with van der Waals surface area (Å²) in [7, 11) is 0. The highest BCUT2D eigenvalue weighted by Gasteiger charge is 2.10. The van der Waals surface area contributed by atoms with Gasteiger partial charge in [-0.2, -0.15) is 0 Å². The lowest BCUT2D eigenvalue weighted by molar-refractivity contribution is 0.1000. The zero-order chi connectivity index (χ0) is 13.0. The Labute approximate surface area is 108 Å². The average molecular weight is 244 g/mol. The summed E-state index contributed by atoms with van der Waals surface area (Å²) in [6, 6.07) is 6.22. The number of hydrogen-bond acceptors (Lipinski definition) is 2. The van der Waals surface area contributed by atoms with Crippen molar-refractivity contribution in [3.05, 3.63) is 47.0 Å². The van der Waals surface area contributed by atoms with Crippen LogP contribution in [0.4, 0.5) is 0 Å². The summed E-state index contributed by atoms with van der Waals surface area (Å²) >= 11 is 0. The normalized spacial score (nSPS) is 18.8. The summed E-state index contributed by atoms with van der Waals surface area (Å²) in [4.78, 5) is 11.1. The molecule has 1 aromatic rings. The molecule has 18 heavy (non-hydrogen) atoms. The van der Waals surface area contributed by atoms with Gasteiger partial charge in [0.2, 0.25) is 5.91 Å². The van der Waals surface area contributed by atoms with Crippen LogP contribution in [0.5, 0.6) is 0 Å². The molecule has 1 atom stereocenters. The van der Waals surface area contributed by atoms with Crippen molar-refractivity contribution in [2.24, 2.45) is 5.73 Å². The van der Waals surface area contributed by atoms with Gasteiger partial charge in [-0.15, -0.1) is 0 Å². The molecule has 3 heteroatoms. The molecule has 3 nitrogen and oxygen atoms in total. The van der Waals surface area contributed by atoms with Crippen molar-refractivity contribution in [1.29, 1.82) is 0 Å². The number of carbonyl (C=O) groups excluding carboxylic acids is 1. The molecular formula is C15H20N2O. The van der Waals surface area contributed by atoms with Gasteiger partial charge in [-0.25, -0.2) is 0 Å². The summed E-state index contributed by atoms with van der Waals surface area (Å²) in [6.07, 6.45) is 7.96. The third-order valence-corrected chi connectivity index (χ3v) is 3.48. The molecule has 0 bridgehead atoms. The Balaban J connectivity index is 1.97. The van der Waals surface area contributed by atoms with E-state index in [2.05, 4.69) is 17.5 Å². The van der Waals surface area contributed by atoms with E-state index in [0.717, 1.165) is 24.9 Å². The standard InChI is InChI=1S/C15H20N2O/c1-11-9-12(15(16)18)7-8-13(11)10-17-14-5-3-2-4-6-14/h2-3,7-9,14,17H,4-6,10H2,1H3,(H2,16,18). The molecule has 96 valence electrons. The minimum absolute atomic E-state index is 0.366. The van der Waals surface area contributed by atoms with E-state index < -0.39 is 0 Å². The SMILES string of the molecule is Cc1cc(C(N)=O)ccc1CNC1CC=CCC1. The van der Waals surface area contributed by atoms with Crippen molar-refractivity contribution in [1.82, 2.24) is 5.32 Å². The van der Waals surface area contributed by atoms with Gasteiger partial charge >= 0.3 is 0 Å². The van der Waals surface area contributed by atoms with Gasteiger partial charge in [0.15, 0.2) is 0 Å². The van der Waals surface area contributed by atoms with Crippen molar-refractivity contribution in [3.63, 3.8) is 0 Å². The van der Waals surface area contributed by atoms with Crippen molar-refractivity contribution >= 4 is 5.91 Å². The highest BCUT2D eigenvalue weighted by molar-refractivity contribution is 5.93. The zero-order valence-corrected chi connectivity index (χ0v) is 10.8.